The van der Waals surface area contributed by atoms with E-state index in [0.29, 0.717) is 5.02 Å². The van der Waals surface area contributed by atoms with Crippen molar-refractivity contribution in [1.82, 2.24) is 0 Å². The lowest BCUT2D eigenvalue weighted by atomic mass is 9.98. The Labute approximate surface area is 94.8 Å². The second-order valence-electron chi connectivity index (χ2n) is 3.90. The number of aliphatic hydroxyl groups excluding tert-OH is 1. The van der Waals surface area contributed by atoms with Crippen LogP contribution in [0.25, 0.3) is 0 Å². The average Bonchev–Trinajstić information content (AvgIpc) is 2.29. The van der Waals surface area contributed by atoms with Gasteiger partial charge >= 0.3 is 0 Å². The first-order chi connectivity index (χ1) is 7.27. The fourth-order valence-corrected chi connectivity index (χ4v) is 2.12. The minimum absolute atomic E-state index is 0.0720. The summed E-state index contributed by atoms with van der Waals surface area (Å²) in [5.74, 6) is 0. The summed E-state index contributed by atoms with van der Waals surface area (Å²) in [5, 5.41) is 10.7. The van der Waals surface area contributed by atoms with Gasteiger partial charge in [0, 0.05) is 11.6 Å². The third-order valence-electron chi connectivity index (χ3n) is 2.76. The number of benzene rings is 1. The minimum Gasteiger partial charge on any atom is -0.386 e. The summed E-state index contributed by atoms with van der Waals surface area (Å²) in [5.41, 5.74) is 0.842. The van der Waals surface area contributed by atoms with Gasteiger partial charge in [-0.15, -0.1) is 0 Å². The van der Waals surface area contributed by atoms with Crippen LogP contribution >= 0.6 is 11.6 Å². The van der Waals surface area contributed by atoms with E-state index in [1.165, 1.54) is 0 Å². The first-order valence-corrected chi connectivity index (χ1v) is 5.70. The summed E-state index contributed by atoms with van der Waals surface area (Å²) >= 11 is 5.88. The highest BCUT2D eigenvalue weighted by Crippen LogP contribution is 2.27. The number of hydrogen-bond donors (Lipinski definition) is 1. The van der Waals surface area contributed by atoms with Crippen LogP contribution in [0.5, 0.6) is 0 Å². The summed E-state index contributed by atoms with van der Waals surface area (Å²) in [6.07, 6.45) is 2.52. The lowest BCUT2D eigenvalue weighted by molar-refractivity contribution is -0.0633. The number of hydrogen-bond acceptors (Lipinski definition) is 2. The number of rotatable bonds is 2. The third kappa shape index (κ3) is 2.71. The third-order valence-corrected chi connectivity index (χ3v) is 2.99. The monoisotopic (exact) mass is 226 g/mol. The molecule has 0 aromatic heterocycles. The fraction of sp³-hybridized carbons (Fsp3) is 0.500. The highest BCUT2D eigenvalue weighted by molar-refractivity contribution is 6.30. The Hall–Kier alpha value is -0.570. The normalized spacial score (nSPS) is 23.7. The Morgan fingerprint density at radius 3 is 2.93 bits per heavy atom. The van der Waals surface area contributed by atoms with Gasteiger partial charge in [-0.25, -0.2) is 0 Å². The van der Waals surface area contributed by atoms with Gasteiger partial charge in [0.1, 0.15) is 6.10 Å². The van der Waals surface area contributed by atoms with E-state index in [1.54, 1.807) is 12.1 Å². The largest absolute Gasteiger partial charge is 0.386 e. The molecule has 1 heterocycles. The molecule has 1 N–H and O–H groups in total. The van der Waals surface area contributed by atoms with Crippen molar-refractivity contribution in [3.8, 4) is 0 Å². The Kier molecular flexibility index (Phi) is 3.62. The van der Waals surface area contributed by atoms with Gasteiger partial charge in [0.2, 0.25) is 0 Å². The van der Waals surface area contributed by atoms with E-state index in [1.807, 2.05) is 12.1 Å². The SMILES string of the molecule is OC(c1cccc(Cl)c1)C1CCCCO1. The van der Waals surface area contributed by atoms with Crippen LogP contribution in [0.4, 0.5) is 0 Å². The minimum atomic E-state index is -0.552. The Morgan fingerprint density at radius 2 is 2.27 bits per heavy atom. The van der Waals surface area contributed by atoms with Gasteiger partial charge in [-0.1, -0.05) is 23.7 Å². The van der Waals surface area contributed by atoms with Crippen molar-refractivity contribution in [2.75, 3.05) is 6.61 Å². The Balaban J connectivity index is 2.08. The van der Waals surface area contributed by atoms with Gasteiger partial charge in [-0.3, -0.25) is 0 Å². The summed E-state index contributed by atoms with van der Waals surface area (Å²) in [4.78, 5) is 0. The summed E-state index contributed by atoms with van der Waals surface area (Å²) in [7, 11) is 0. The Bertz CT molecular complexity index is 321. The van der Waals surface area contributed by atoms with Gasteiger partial charge in [0.25, 0.3) is 0 Å². The first kappa shape index (κ1) is 10.9. The molecule has 3 heteroatoms. The molecule has 2 nitrogen and oxygen atoms in total. The van der Waals surface area contributed by atoms with Crippen LogP contribution in [-0.4, -0.2) is 17.8 Å². The molecule has 2 rings (SSSR count). The fourth-order valence-electron chi connectivity index (χ4n) is 1.92. The molecule has 15 heavy (non-hydrogen) atoms. The van der Waals surface area contributed by atoms with Crippen LogP contribution in [0.1, 0.15) is 30.9 Å². The lowest BCUT2D eigenvalue weighted by Gasteiger charge is -2.27. The zero-order valence-corrected chi connectivity index (χ0v) is 9.28. The molecule has 1 aromatic rings. The molecule has 2 unspecified atom stereocenters. The van der Waals surface area contributed by atoms with Gasteiger partial charge in [-0.2, -0.15) is 0 Å². The topological polar surface area (TPSA) is 29.5 Å². The standard InChI is InChI=1S/C12H15ClO2/c13-10-5-3-4-9(8-10)12(14)11-6-1-2-7-15-11/h3-5,8,11-12,14H,1-2,6-7H2. The molecule has 1 aromatic carbocycles. The number of aliphatic hydroxyl groups is 1. The van der Waals surface area contributed by atoms with Crippen LogP contribution in [0.15, 0.2) is 24.3 Å². The van der Waals surface area contributed by atoms with E-state index in [2.05, 4.69) is 0 Å². The average molecular weight is 227 g/mol. The highest BCUT2D eigenvalue weighted by atomic mass is 35.5. The van der Waals surface area contributed by atoms with Crippen molar-refractivity contribution >= 4 is 11.6 Å². The molecule has 1 saturated heterocycles. The second-order valence-corrected chi connectivity index (χ2v) is 4.34. The molecule has 0 spiro atoms. The van der Waals surface area contributed by atoms with E-state index < -0.39 is 6.10 Å². The van der Waals surface area contributed by atoms with Crippen molar-refractivity contribution < 1.29 is 9.84 Å². The highest BCUT2D eigenvalue weighted by Gasteiger charge is 2.23. The predicted octanol–water partition coefficient (Wildman–Crippen LogP) is 2.94. The lowest BCUT2D eigenvalue weighted by Crippen LogP contribution is -2.26. The van der Waals surface area contributed by atoms with Crippen LogP contribution in [0.2, 0.25) is 5.02 Å². The molecule has 1 aliphatic rings. The van der Waals surface area contributed by atoms with E-state index in [9.17, 15) is 5.11 Å². The quantitative estimate of drug-likeness (QED) is 0.840. The van der Waals surface area contributed by atoms with Gasteiger partial charge in [0.15, 0.2) is 0 Å². The molecule has 1 aliphatic heterocycles. The molecule has 1 fully saturated rings. The maximum atomic E-state index is 10.1. The smallest absolute Gasteiger partial charge is 0.105 e. The van der Waals surface area contributed by atoms with Crippen molar-refractivity contribution in [2.45, 2.75) is 31.5 Å². The molecule has 0 radical (unpaired) electrons. The van der Waals surface area contributed by atoms with E-state index in [-0.39, 0.29) is 6.10 Å². The molecule has 0 amide bonds. The Morgan fingerprint density at radius 1 is 1.40 bits per heavy atom. The van der Waals surface area contributed by atoms with Crippen LogP contribution < -0.4 is 0 Å². The molecule has 0 saturated carbocycles. The number of ether oxygens (including phenoxy) is 1. The molecule has 0 bridgehead atoms. The van der Waals surface area contributed by atoms with Crippen LogP contribution in [-0.2, 0) is 4.74 Å². The first-order valence-electron chi connectivity index (χ1n) is 5.32. The molecule has 82 valence electrons. The van der Waals surface area contributed by atoms with Crippen LogP contribution in [0, 0.1) is 0 Å². The second kappa shape index (κ2) is 4.97. The summed E-state index contributed by atoms with van der Waals surface area (Å²) < 4.78 is 5.54. The zero-order chi connectivity index (χ0) is 10.7. The predicted molar refractivity (Wildman–Crippen MR) is 60.0 cm³/mol. The van der Waals surface area contributed by atoms with Crippen molar-refractivity contribution in [1.29, 1.82) is 0 Å². The van der Waals surface area contributed by atoms with E-state index >= 15 is 0 Å². The van der Waals surface area contributed by atoms with Gasteiger partial charge in [0.05, 0.1) is 6.10 Å². The summed E-state index contributed by atoms with van der Waals surface area (Å²) in [6, 6.07) is 7.34. The van der Waals surface area contributed by atoms with Gasteiger partial charge < -0.3 is 9.84 Å². The maximum absolute atomic E-state index is 10.1. The zero-order valence-electron chi connectivity index (χ0n) is 8.53. The molecule has 0 aliphatic carbocycles. The maximum Gasteiger partial charge on any atom is 0.105 e. The van der Waals surface area contributed by atoms with Crippen molar-refractivity contribution in [3.05, 3.63) is 34.9 Å². The molecule has 2 atom stereocenters. The van der Waals surface area contributed by atoms with Crippen molar-refractivity contribution in [2.24, 2.45) is 0 Å². The van der Waals surface area contributed by atoms with Crippen LogP contribution in [0.3, 0.4) is 0 Å². The molecular formula is C12H15ClO2. The van der Waals surface area contributed by atoms with Crippen molar-refractivity contribution in [3.63, 3.8) is 0 Å². The number of halogens is 1. The summed E-state index contributed by atoms with van der Waals surface area (Å²) in [6.45, 7) is 0.752. The van der Waals surface area contributed by atoms with E-state index in [4.69, 9.17) is 16.3 Å². The molecular weight excluding hydrogens is 212 g/mol. The van der Waals surface area contributed by atoms with Gasteiger partial charge in [-0.05, 0) is 37.0 Å². The van der Waals surface area contributed by atoms with E-state index in [0.717, 1.165) is 31.4 Å².